The summed E-state index contributed by atoms with van der Waals surface area (Å²) in [6, 6.07) is 10.6. The van der Waals surface area contributed by atoms with Crippen LogP contribution in [0, 0.1) is 27.7 Å². The maximum Gasteiger partial charge on any atom is 0.321 e. The minimum Gasteiger partial charge on any atom is -0.452 e. The van der Waals surface area contributed by atoms with Gasteiger partial charge in [-0.2, -0.15) is 4.72 Å². The third-order valence-corrected chi connectivity index (χ3v) is 5.90. The van der Waals surface area contributed by atoms with Gasteiger partial charge in [0.15, 0.2) is 6.10 Å². The minimum atomic E-state index is -3.87. The van der Waals surface area contributed by atoms with E-state index in [-0.39, 0.29) is 4.90 Å². The molecule has 0 saturated heterocycles. The topological polar surface area (TPSA) is 102 Å². The Bertz CT molecular complexity index is 1030. The molecule has 2 rings (SSSR count). The average Bonchev–Trinajstić information content (AvgIpc) is 2.64. The van der Waals surface area contributed by atoms with Crippen molar-refractivity contribution in [3.63, 3.8) is 0 Å². The van der Waals surface area contributed by atoms with E-state index in [1.54, 1.807) is 32.0 Å². The van der Waals surface area contributed by atoms with E-state index in [1.807, 2.05) is 26.0 Å². The normalized spacial score (nSPS) is 12.3. The number of anilines is 1. The van der Waals surface area contributed by atoms with Crippen molar-refractivity contribution >= 4 is 27.6 Å². The summed E-state index contributed by atoms with van der Waals surface area (Å²) < 4.78 is 32.1. The summed E-state index contributed by atoms with van der Waals surface area (Å²) in [5, 5.41) is 2.70. The van der Waals surface area contributed by atoms with Crippen molar-refractivity contribution in [3.05, 3.63) is 58.7 Å². The SMILES string of the molecule is Cc1ccc(NC(=O)[C@@H](C)OC(=O)CNS(=O)(=O)c2cc(C)ccc2C)c(C)c1. The largest absolute Gasteiger partial charge is 0.452 e. The first-order chi connectivity index (χ1) is 13.5. The lowest BCUT2D eigenvalue weighted by Crippen LogP contribution is -2.36. The Hall–Kier alpha value is -2.71. The van der Waals surface area contributed by atoms with E-state index < -0.39 is 34.5 Å². The number of carbonyl (C=O) groups is 2. The van der Waals surface area contributed by atoms with E-state index in [9.17, 15) is 18.0 Å². The van der Waals surface area contributed by atoms with Gasteiger partial charge in [-0.3, -0.25) is 9.59 Å². The van der Waals surface area contributed by atoms with E-state index in [0.29, 0.717) is 11.3 Å². The Morgan fingerprint density at radius 2 is 1.59 bits per heavy atom. The molecule has 0 radical (unpaired) electrons. The second kappa shape index (κ2) is 9.19. The molecule has 8 heteroatoms. The highest BCUT2D eigenvalue weighted by Crippen LogP contribution is 2.17. The predicted molar refractivity (Wildman–Crippen MR) is 111 cm³/mol. The first kappa shape index (κ1) is 22.6. The molecule has 0 aliphatic rings. The minimum absolute atomic E-state index is 0.103. The van der Waals surface area contributed by atoms with Gasteiger partial charge in [0.05, 0.1) is 4.90 Å². The van der Waals surface area contributed by atoms with E-state index in [2.05, 4.69) is 10.0 Å². The lowest BCUT2D eigenvalue weighted by Gasteiger charge is -2.15. The Morgan fingerprint density at radius 3 is 2.24 bits per heavy atom. The molecule has 0 aromatic heterocycles. The zero-order valence-corrected chi connectivity index (χ0v) is 18.0. The monoisotopic (exact) mass is 418 g/mol. The number of esters is 1. The van der Waals surface area contributed by atoms with Crippen molar-refractivity contribution in [3.8, 4) is 0 Å². The van der Waals surface area contributed by atoms with Crippen molar-refractivity contribution in [1.82, 2.24) is 4.72 Å². The number of hydrogen-bond acceptors (Lipinski definition) is 5. The van der Waals surface area contributed by atoms with Gasteiger partial charge in [-0.05, 0) is 63.4 Å². The maximum absolute atomic E-state index is 12.4. The molecule has 7 nitrogen and oxygen atoms in total. The second-order valence-electron chi connectivity index (χ2n) is 7.03. The van der Waals surface area contributed by atoms with Crippen molar-refractivity contribution in [2.24, 2.45) is 0 Å². The highest BCUT2D eigenvalue weighted by molar-refractivity contribution is 7.89. The molecular formula is C21H26N2O5S. The predicted octanol–water partition coefficient (Wildman–Crippen LogP) is 2.77. The van der Waals surface area contributed by atoms with Crippen molar-refractivity contribution < 1.29 is 22.7 Å². The Morgan fingerprint density at radius 1 is 0.966 bits per heavy atom. The summed E-state index contributed by atoms with van der Waals surface area (Å²) >= 11 is 0. The highest BCUT2D eigenvalue weighted by atomic mass is 32.2. The smallest absolute Gasteiger partial charge is 0.321 e. The third-order valence-electron chi connectivity index (χ3n) is 4.36. The number of carbonyl (C=O) groups excluding carboxylic acids is 2. The molecule has 0 unspecified atom stereocenters. The molecule has 0 aliphatic heterocycles. The van der Waals surface area contributed by atoms with Crippen LogP contribution in [0.3, 0.4) is 0 Å². The summed E-state index contributed by atoms with van der Waals surface area (Å²) in [7, 11) is -3.87. The van der Waals surface area contributed by atoms with Crippen molar-refractivity contribution in [2.75, 3.05) is 11.9 Å². The molecule has 0 bridgehead atoms. The van der Waals surface area contributed by atoms with Gasteiger partial charge < -0.3 is 10.1 Å². The fraction of sp³-hybridized carbons (Fsp3) is 0.333. The molecule has 1 amide bonds. The van der Waals surface area contributed by atoms with Gasteiger partial charge in [-0.1, -0.05) is 29.8 Å². The van der Waals surface area contributed by atoms with Gasteiger partial charge in [-0.25, -0.2) is 8.42 Å². The molecule has 0 heterocycles. The molecule has 0 aliphatic carbocycles. The zero-order chi connectivity index (χ0) is 21.8. The second-order valence-corrected chi connectivity index (χ2v) is 8.77. The fourth-order valence-electron chi connectivity index (χ4n) is 2.71. The van der Waals surface area contributed by atoms with Crippen LogP contribution in [-0.2, 0) is 24.3 Å². The molecular weight excluding hydrogens is 392 g/mol. The summed E-state index contributed by atoms with van der Waals surface area (Å²) in [4.78, 5) is 24.4. The Balaban J connectivity index is 1.94. The lowest BCUT2D eigenvalue weighted by molar-refractivity contribution is -0.151. The number of amides is 1. The summed E-state index contributed by atoms with van der Waals surface area (Å²) in [5.74, 6) is -1.34. The van der Waals surface area contributed by atoms with Crippen LogP contribution in [0.15, 0.2) is 41.3 Å². The standard InChI is InChI=1S/C21H26N2O5S/c1-13-7-9-18(16(4)10-13)23-21(25)17(5)28-20(24)12-22-29(26,27)19-11-14(2)6-8-15(19)3/h6-11,17,22H,12H2,1-5H3,(H,23,25)/t17-/m1/s1. The van der Waals surface area contributed by atoms with E-state index in [4.69, 9.17) is 4.74 Å². The molecule has 1 atom stereocenters. The Labute approximate surface area is 171 Å². The Kier molecular flexibility index (Phi) is 7.16. The first-order valence-corrected chi connectivity index (χ1v) is 10.6. The van der Waals surface area contributed by atoms with Crippen LogP contribution in [0.1, 0.15) is 29.2 Å². The van der Waals surface area contributed by atoms with Crippen molar-refractivity contribution in [1.29, 1.82) is 0 Å². The number of aryl methyl sites for hydroxylation is 4. The van der Waals surface area contributed by atoms with Gasteiger partial charge in [0.2, 0.25) is 10.0 Å². The molecule has 2 aromatic rings. The summed E-state index contributed by atoms with van der Waals surface area (Å²) in [6.07, 6.45) is -1.08. The van der Waals surface area contributed by atoms with E-state index in [0.717, 1.165) is 16.7 Å². The van der Waals surface area contributed by atoms with Crippen LogP contribution >= 0.6 is 0 Å². The number of hydrogen-bond donors (Lipinski definition) is 2. The highest BCUT2D eigenvalue weighted by Gasteiger charge is 2.22. The molecule has 156 valence electrons. The lowest BCUT2D eigenvalue weighted by atomic mass is 10.1. The molecule has 29 heavy (non-hydrogen) atoms. The molecule has 2 N–H and O–H groups in total. The van der Waals surface area contributed by atoms with Crippen LogP contribution < -0.4 is 10.0 Å². The number of nitrogens with one attached hydrogen (secondary N) is 2. The van der Waals surface area contributed by atoms with Crippen LogP contribution in [0.4, 0.5) is 5.69 Å². The van der Waals surface area contributed by atoms with Gasteiger partial charge in [-0.15, -0.1) is 0 Å². The molecule has 0 fully saturated rings. The number of benzene rings is 2. The number of ether oxygens (including phenoxy) is 1. The van der Waals surface area contributed by atoms with Gasteiger partial charge in [0.1, 0.15) is 6.54 Å². The van der Waals surface area contributed by atoms with Gasteiger partial charge >= 0.3 is 5.97 Å². The van der Waals surface area contributed by atoms with E-state index >= 15 is 0 Å². The van der Waals surface area contributed by atoms with Gasteiger partial charge in [0.25, 0.3) is 5.91 Å². The quantitative estimate of drug-likeness (QED) is 0.673. The third kappa shape index (κ3) is 6.13. The summed E-state index contributed by atoms with van der Waals surface area (Å²) in [6.45, 7) is 8.12. The molecule has 2 aromatic carbocycles. The first-order valence-electron chi connectivity index (χ1n) is 9.14. The van der Waals surface area contributed by atoms with Crippen molar-refractivity contribution in [2.45, 2.75) is 45.6 Å². The fourth-order valence-corrected chi connectivity index (χ4v) is 4.01. The van der Waals surface area contributed by atoms with Gasteiger partial charge in [0, 0.05) is 5.69 Å². The average molecular weight is 419 g/mol. The van der Waals surface area contributed by atoms with Crippen LogP contribution in [0.2, 0.25) is 0 Å². The number of sulfonamides is 1. The molecule has 0 spiro atoms. The molecule has 0 saturated carbocycles. The zero-order valence-electron chi connectivity index (χ0n) is 17.2. The van der Waals surface area contributed by atoms with Crippen LogP contribution in [0.5, 0.6) is 0 Å². The maximum atomic E-state index is 12.4. The van der Waals surface area contributed by atoms with Crippen LogP contribution in [0.25, 0.3) is 0 Å². The summed E-state index contributed by atoms with van der Waals surface area (Å²) in [5.41, 5.74) is 3.93. The van der Waals surface area contributed by atoms with Crippen LogP contribution in [-0.4, -0.2) is 32.9 Å². The van der Waals surface area contributed by atoms with E-state index in [1.165, 1.54) is 13.0 Å². The number of rotatable bonds is 7.